The molecule has 0 spiro atoms. The van der Waals surface area contributed by atoms with Crippen molar-refractivity contribution in [1.29, 1.82) is 0 Å². The number of benzene rings is 1. The summed E-state index contributed by atoms with van der Waals surface area (Å²) in [6.07, 6.45) is 2.15. The van der Waals surface area contributed by atoms with Crippen molar-refractivity contribution in [2.24, 2.45) is 0 Å². The summed E-state index contributed by atoms with van der Waals surface area (Å²) in [4.78, 5) is 8.21. The van der Waals surface area contributed by atoms with E-state index in [0.29, 0.717) is 22.3 Å². The fraction of sp³-hybridized carbons (Fsp3) is 0.231. The number of rotatable bonds is 4. The fourth-order valence-corrected chi connectivity index (χ4v) is 2.92. The molecule has 1 atom stereocenters. The average molecular weight is 362 g/mol. The molecule has 0 aliphatic rings. The van der Waals surface area contributed by atoms with Crippen molar-refractivity contribution >= 4 is 39.1 Å². The lowest BCUT2D eigenvalue weighted by molar-refractivity contribution is 0.396. The van der Waals surface area contributed by atoms with Gasteiger partial charge in [-0.25, -0.2) is 9.97 Å². The Morgan fingerprint density at radius 3 is 2.79 bits per heavy atom. The highest BCUT2D eigenvalue weighted by molar-refractivity contribution is 9.09. The van der Waals surface area contributed by atoms with E-state index in [1.54, 1.807) is 25.3 Å². The van der Waals surface area contributed by atoms with Crippen molar-refractivity contribution in [2.45, 2.75) is 11.2 Å². The molecular formula is C13H11BrCl2N2O. The van der Waals surface area contributed by atoms with Gasteiger partial charge in [-0.05, 0) is 23.8 Å². The van der Waals surface area contributed by atoms with Gasteiger partial charge >= 0.3 is 0 Å². The van der Waals surface area contributed by atoms with Crippen LogP contribution in [0.5, 0.6) is 5.88 Å². The topological polar surface area (TPSA) is 35.0 Å². The average Bonchev–Trinajstić information content (AvgIpc) is 2.41. The molecule has 1 aromatic heterocycles. The second-order valence-electron chi connectivity index (χ2n) is 3.89. The van der Waals surface area contributed by atoms with E-state index in [-0.39, 0.29) is 4.83 Å². The van der Waals surface area contributed by atoms with Crippen LogP contribution in [0.25, 0.3) is 0 Å². The Bertz CT molecular complexity index is 580. The van der Waals surface area contributed by atoms with Gasteiger partial charge in [0.25, 0.3) is 0 Å². The van der Waals surface area contributed by atoms with Crippen molar-refractivity contribution in [3.8, 4) is 5.88 Å². The van der Waals surface area contributed by atoms with E-state index in [0.717, 1.165) is 11.3 Å². The number of halogens is 3. The lowest BCUT2D eigenvalue weighted by Gasteiger charge is -2.12. The highest BCUT2D eigenvalue weighted by atomic mass is 79.9. The standard InChI is InChI=1S/C13H11BrCl2N2O/c1-19-13-6-9(17-7-18-13)5-11(14)10-4-8(15)2-3-12(10)16/h2-4,6-7,11H,5H2,1H3. The maximum atomic E-state index is 6.17. The molecule has 0 saturated carbocycles. The van der Waals surface area contributed by atoms with Crippen LogP contribution in [0.2, 0.25) is 10.0 Å². The third-order valence-corrected chi connectivity index (χ3v) is 3.99. The second-order valence-corrected chi connectivity index (χ2v) is 5.84. The molecule has 1 unspecified atom stereocenters. The summed E-state index contributed by atoms with van der Waals surface area (Å²) >= 11 is 15.8. The highest BCUT2D eigenvalue weighted by Gasteiger charge is 2.14. The first kappa shape index (κ1) is 14.6. The molecule has 100 valence electrons. The Labute approximate surface area is 130 Å². The molecule has 19 heavy (non-hydrogen) atoms. The molecule has 0 aliphatic heterocycles. The number of hydrogen-bond donors (Lipinski definition) is 0. The zero-order valence-corrected chi connectivity index (χ0v) is 13.2. The van der Waals surface area contributed by atoms with Gasteiger partial charge in [0.15, 0.2) is 0 Å². The molecule has 0 bridgehead atoms. The van der Waals surface area contributed by atoms with Gasteiger partial charge in [0.2, 0.25) is 5.88 Å². The van der Waals surface area contributed by atoms with Crippen molar-refractivity contribution in [1.82, 2.24) is 9.97 Å². The summed E-state index contributed by atoms with van der Waals surface area (Å²) in [5.41, 5.74) is 1.80. The molecular weight excluding hydrogens is 351 g/mol. The van der Waals surface area contributed by atoms with E-state index < -0.39 is 0 Å². The number of methoxy groups -OCH3 is 1. The highest BCUT2D eigenvalue weighted by Crippen LogP contribution is 2.33. The van der Waals surface area contributed by atoms with Crippen LogP contribution >= 0.6 is 39.1 Å². The van der Waals surface area contributed by atoms with E-state index in [1.165, 1.54) is 6.33 Å². The van der Waals surface area contributed by atoms with Crippen LogP contribution in [0.1, 0.15) is 16.1 Å². The van der Waals surface area contributed by atoms with Crippen LogP contribution < -0.4 is 4.74 Å². The van der Waals surface area contributed by atoms with Crippen LogP contribution in [-0.2, 0) is 6.42 Å². The third kappa shape index (κ3) is 3.81. The molecule has 1 heterocycles. The zero-order valence-electron chi connectivity index (χ0n) is 10.1. The number of aromatic nitrogens is 2. The van der Waals surface area contributed by atoms with Crippen LogP contribution in [-0.4, -0.2) is 17.1 Å². The quantitative estimate of drug-likeness (QED) is 0.753. The van der Waals surface area contributed by atoms with Crippen LogP contribution in [0.15, 0.2) is 30.6 Å². The molecule has 6 heteroatoms. The fourth-order valence-electron chi connectivity index (χ4n) is 1.65. The van der Waals surface area contributed by atoms with Crippen molar-refractivity contribution in [3.05, 3.63) is 51.9 Å². The number of nitrogens with zero attached hydrogens (tertiary/aromatic N) is 2. The molecule has 2 aromatic rings. The van der Waals surface area contributed by atoms with Gasteiger partial charge < -0.3 is 4.74 Å². The van der Waals surface area contributed by atoms with E-state index in [9.17, 15) is 0 Å². The first-order chi connectivity index (χ1) is 9.10. The van der Waals surface area contributed by atoms with Gasteiger partial charge in [0, 0.05) is 33.1 Å². The predicted octanol–water partition coefficient (Wildman–Crippen LogP) is 4.47. The van der Waals surface area contributed by atoms with Crippen LogP contribution in [0, 0.1) is 0 Å². The third-order valence-electron chi connectivity index (χ3n) is 2.59. The summed E-state index contributed by atoms with van der Waals surface area (Å²) in [6.45, 7) is 0. The lowest BCUT2D eigenvalue weighted by Crippen LogP contribution is -2.00. The van der Waals surface area contributed by atoms with E-state index in [2.05, 4.69) is 25.9 Å². The van der Waals surface area contributed by atoms with Gasteiger partial charge in [-0.15, -0.1) is 0 Å². The van der Waals surface area contributed by atoms with E-state index in [4.69, 9.17) is 27.9 Å². The molecule has 3 nitrogen and oxygen atoms in total. The predicted molar refractivity (Wildman–Crippen MR) is 80.4 cm³/mol. The second kappa shape index (κ2) is 6.55. The molecule has 1 aromatic carbocycles. The minimum Gasteiger partial charge on any atom is -0.481 e. The molecule has 0 saturated heterocycles. The van der Waals surface area contributed by atoms with Crippen molar-refractivity contribution in [3.63, 3.8) is 0 Å². The molecule has 0 radical (unpaired) electrons. The van der Waals surface area contributed by atoms with Gasteiger partial charge in [0.1, 0.15) is 6.33 Å². The van der Waals surface area contributed by atoms with Gasteiger partial charge in [-0.1, -0.05) is 39.1 Å². The monoisotopic (exact) mass is 360 g/mol. The van der Waals surface area contributed by atoms with E-state index >= 15 is 0 Å². The zero-order chi connectivity index (χ0) is 13.8. The Hall–Kier alpha value is -0.840. The van der Waals surface area contributed by atoms with Gasteiger partial charge in [0.05, 0.1) is 7.11 Å². The van der Waals surface area contributed by atoms with E-state index in [1.807, 2.05) is 6.07 Å². The maximum Gasteiger partial charge on any atom is 0.216 e. The minimum atomic E-state index is 0.0262. The number of ether oxygens (including phenoxy) is 1. The van der Waals surface area contributed by atoms with Crippen LogP contribution in [0.4, 0.5) is 0 Å². The Balaban J connectivity index is 2.20. The van der Waals surface area contributed by atoms with Gasteiger partial charge in [-0.2, -0.15) is 0 Å². The first-order valence-corrected chi connectivity index (χ1v) is 7.21. The smallest absolute Gasteiger partial charge is 0.216 e. The van der Waals surface area contributed by atoms with Crippen molar-refractivity contribution in [2.75, 3.05) is 7.11 Å². The summed E-state index contributed by atoms with van der Waals surface area (Å²) in [6, 6.07) is 7.20. The number of alkyl halides is 1. The summed E-state index contributed by atoms with van der Waals surface area (Å²) in [5, 5.41) is 1.33. The van der Waals surface area contributed by atoms with Crippen molar-refractivity contribution < 1.29 is 4.74 Å². The molecule has 0 aliphatic carbocycles. The molecule has 0 fully saturated rings. The summed E-state index contributed by atoms with van der Waals surface area (Å²) in [7, 11) is 1.57. The number of hydrogen-bond acceptors (Lipinski definition) is 3. The maximum absolute atomic E-state index is 6.17. The van der Waals surface area contributed by atoms with Crippen LogP contribution in [0.3, 0.4) is 0 Å². The molecule has 2 rings (SSSR count). The first-order valence-electron chi connectivity index (χ1n) is 5.54. The lowest BCUT2D eigenvalue weighted by atomic mass is 10.1. The molecule has 0 N–H and O–H groups in total. The largest absolute Gasteiger partial charge is 0.481 e. The Morgan fingerprint density at radius 2 is 2.05 bits per heavy atom. The minimum absolute atomic E-state index is 0.0262. The Morgan fingerprint density at radius 1 is 1.26 bits per heavy atom. The van der Waals surface area contributed by atoms with Gasteiger partial charge in [-0.3, -0.25) is 0 Å². The SMILES string of the molecule is COc1cc(CC(Br)c2cc(Cl)ccc2Cl)ncn1. The summed E-state index contributed by atoms with van der Waals surface area (Å²) < 4.78 is 5.07. The normalized spacial score (nSPS) is 12.2. The summed E-state index contributed by atoms with van der Waals surface area (Å²) in [5.74, 6) is 0.543. The Kier molecular flexibility index (Phi) is 5.02. The molecule has 0 amide bonds.